The van der Waals surface area contributed by atoms with E-state index in [0.717, 1.165) is 11.6 Å². The molecule has 0 aromatic heterocycles. The summed E-state index contributed by atoms with van der Waals surface area (Å²) in [6, 6.07) is 0. The highest BCUT2D eigenvalue weighted by Crippen LogP contribution is 2.07. The van der Waals surface area contributed by atoms with Crippen molar-refractivity contribution in [1.29, 1.82) is 0 Å². The van der Waals surface area contributed by atoms with Crippen molar-refractivity contribution in [2.24, 2.45) is 0 Å². The summed E-state index contributed by atoms with van der Waals surface area (Å²) in [5, 5.41) is 0. The number of hydrogen-bond donors (Lipinski definition) is 0. The largest absolute Gasteiger partial charge is 0.329 e. The normalized spacial score (nSPS) is 11.1. The van der Waals surface area contributed by atoms with Crippen LogP contribution in [0.25, 0.3) is 0 Å². The maximum absolute atomic E-state index is 2.33. The summed E-state index contributed by atoms with van der Waals surface area (Å²) in [6.45, 7) is 8.83. The quantitative estimate of drug-likeness (QED) is 0.464. The van der Waals surface area contributed by atoms with E-state index in [0.29, 0.717) is 0 Å². The second-order valence-corrected chi connectivity index (χ2v) is 2.68. The standard InChI is InChI=1S/C6H14B/c1-5(2)7-6(3)4/h5-6H,1-4H3/q-1. The molecule has 1 heteroatoms. The van der Waals surface area contributed by atoms with Gasteiger partial charge in [-0.2, -0.15) is 0 Å². The van der Waals surface area contributed by atoms with Crippen LogP contribution in [-0.4, -0.2) is 7.28 Å². The molecule has 0 aliphatic carbocycles. The Kier molecular flexibility index (Phi) is 3.15. The van der Waals surface area contributed by atoms with Gasteiger partial charge in [-0.05, 0) is 0 Å². The summed E-state index contributed by atoms with van der Waals surface area (Å²) in [5.41, 5.74) is 0. The minimum atomic E-state index is 0.750. The van der Waals surface area contributed by atoms with E-state index in [9.17, 15) is 0 Å². The molecule has 2 radical (unpaired) electrons. The first-order valence-corrected chi connectivity index (χ1v) is 2.98. The van der Waals surface area contributed by atoms with Gasteiger partial charge in [-0.1, -0.05) is 27.7 Å². The fourth-order valence-corrected chi connectivity index (χ4v) is 0.770. The minimum absolute atomic E-state index is 0.750. The third-order valence-electron chi connectivity index (χ3n) is 0.770. The van der Waals surface area contributed by atoms with Crippen molar-refractivity contribution in [3.05, 3.63) is 0 Å². The molecule has 0 unspecified atom stereocenters. The van der Waals surface area contributed by atoms with Crippen LogP contribution in [0.2, 0.25) is 11.6 Å². The Bertz CT molecular complexity index is 33.4. The highest BCUT2D eigenvalue weighted by Gasteiger charge is 1.78. The Morgan fingerprint density at radius 2 is 1.14 bits per heavy atom. The van der Waals surface area contributed by atoms with Crippen LogP contribution in [0.5, 0.6) is 0 Å². The summed E-state index contributed by atoms with van der Waals surface area (Å²) in [5.74, 6) is 1.50. The molecule has 0 heterocycles. The highest BCUT2D eigenvalue weighted by atomic mass is 13.8. The smallest absolute Gasteiger partial charge is 0.0998 e. The van der Waals surface area contributed by atoms with Gasteiger partial charge in [-0.3, -0.25) is 0 Å². The van der Waals surface area contributed by atoms with E-state index in [4.69, 9.17) is 0 Å². The summed E-state index contributed by atoms with van der Waals surface area (Å²) in [6.07, 6.45) is 0. The fourth-order valence-electron chi connectivity index (χ4n) is 0.770. The predicted octanol–water partition coefficient (Wildman–Crippen LogP) is 2.35. The van der Waals surface area contributed by atoms with Crippen LogP contribution in [0.3, 0.4) is 0 Å². The second kappa shape index (κ2) is 3.12. The van der Waals surface area contributed by atoms with Crippen molar-refractivity contribution >= 4 is 7.28 Å². The molecule has 0 amide bonds. The van der Waals surface area contributed by atoms with Gasteiger partial charge in [0.1, 0.15) is 0 Å². The molecule has 0 saturated carbocycles. The Morgan fingerprint density at radius 1 is 0.857 bits per heavy atom. The molecule has 0 rings (SSSR count). The van der Waals surface area contributed by atoms with Crippen LogP contribution in [0.4, 0.5) is 0 Å². The van der Waals surface area contributed by atoms with E-state index in [2.05, 4.69) is 35.0 Å². The molecule has 0 aliphatic heterocycles. The molecule has 0 bridgehead atoms. The summed E-state index contributed by atoms with van der Waals surface area (Å²) in [7, 11) is 2.33. The summed E-state index contributed by atoms with van der Waals surface area (Å²) >= 11 is 0. The van der Waals surface area contributed by atoms with E-state index in [1.54, 1.807) is 0 Å². The lowest BCUT2D eigenvalue weighted by atomic mass is 9.58. The van der Waals surface area contributed by atoms with Crippen molar-refractivity contribution in [2.45, 2.75) is 39.3 Å². The summed E-state index contributed by atoms with van der Waals surface area (Å²) < 4.78 is 0. The zero-order valence-corrected chi connectivity index (χ0v) is 5.73. The Hall–Kier alpha value is 0.0649. The van der Waals surface area contributed by atoms with Gasteiger partial charge in [0.25, 0.3) is 0 Å². The molecule has 0 nitrogen and oxygen atoms in total. The molecule has 0 atom stereocenters. The first kappa shape index (κ1) is 7.06. The van der Waals surface area contributed by atoms with Crippen molar-refractivity contribution < 1.29 is 0 Å². The predicted molar refractivity (Wildman–Crippen MR) is 35.9 cm³/mol. The fraction of sp³-hybridized carbons (Fsp3) is 1.00. The molecule has 42 valence electrons. The van der Waals surface area contributed by atoms with Crippen molar-refractivity contribution in [1.82, 2.24) is 0 Å². The average molecular weight is 97.0 g/mol. The molecule has 0 fully saturated rings. The molecule has 0 saturated heterocycles. The van der Waals surface area contributed by atoms with Gasteiger partial charge in [0, 0.05) is 0 Å². The number of rotatable bonds is 2. The third-order valence-corrected chi connectivity index (χ3v) is 0.770. The lowest BCUT2D eigenvalue weighted by Crippen LogP contribution is -1.98. The van der Waals surface area contributed by atoms with Crippen molar-refractivity contribution in [3.8, 4) is 0 Å². The van der Waals surface area contributed by atoms with Gasteiger partial charge < -0.3 is 7.28 Å². The molecule has 0 aromatic carbocycles. The Balaban J connectivity index is 2.95. The average Bonchev–Trinajstić information content (AvgIpc) is 1.27. The van der Waals surface area contributed by atoms with Crippen molar-refractivity contribution in [2.75, 3.05) is 0 Å². The first-order valence-electron chi connectivity index (χ1n) is 2.98. The maximum Gasteiger partial charge on any atom is -0.0998 e. The summed E-state index contributed by atoms with van der Waals surface area (Å²) in [4.78, 5) is 0. The highest BCUT2D eigenvalue weighted by molar-refractivity contribution is 6.38. The first-order chi connectivity index (χ1) is 3.13. The Morgan fingerprint density at radius 3 is 1.14 bits per heavy atom. The van der Waals surface area contributed by atoms with Crippen molar-refractivity contribution in [3.63, 3.8) is 0 Å². The Labute approximate surface area is 47.6 Å². The molecule has 0 spiro atoms. The van der Waals surface area contributed by atoms with E-state index >= 15 is 0 Å². The van der Waals surface area contributed by atoms with Gasteiger partial charge in [0.15, 0.2) is 0 Å². The molecule has 0 aromatic rings. The van der Waals surface area contributed by atoms with Gasteiger partial charge >= 0.3 is 0 Å². The monoisotopic (exact) mass is 97.1 g/mol. The van der Waals surface area contributed by atoms with Crippen LogP contribution in [0.15, 0.2) is 0 Å². The van der Waals surface area contributed by atoms with Gasteiger partial charge in [-0.15, -0.1) is 0 Å². The topological polar surface area (TPSA) is 0 Å². The van der Waals surface area contributed by atoms with Crippen LogP contribution in [-0.2, 0) is 0 Å². The second-order valence-electron chi connectivity index (χ2n) is 2.68. The lowest BCUT2D eigenvalue weighted by molar-refractivity contribution is 0.971. The van der Waals surface area contributed by atoms with Crippen LogP contribution in [0.1, 0.15) is 27.7 Å². The van der Waals surface area contributed by atoms with E-state index < -0.39 is 0 Å². The van der Waals surface area contributed by atoms with Crippen LogP contribution in [0, 0.1) is 0 Å². The molecule has 0 aliphatic rings. The van der Waals surface area contributed by atoms with Gasteiger partial charge in [0.05, 0.1) is 0 Å². The van der Waals surface area contributed by atoms with Crippen LogP contribution < -0.4 is 0 Å². The van der Waals surface area contributed by atoms with Gasteiger partial charge in [0.2, 0.25) is 0 Å². The third kappa shape index (κ3) is 6.06. The van der Waals surface area contributed by atoms with E-state index in [1.807, 2.05) is 0 Å². The maximum atomic E-state index is 2.33. The molecule has 7 heavy (non-hydrogen) atoms. The number of hydrogen-bond acceptors (Lipinski definition) is 0. The molecular formula is C6H14B-. The van der Waals surface area contributed by atoms with E-state index in [-0.39, 0.29) is 0 Å². The molecule has 0 N–H and O–H groups in total. The van der Waals surface area contributed by atoms with Gasteiger partial charge in [-0.25, -0.2) is 11.6 Å². The zero-order valence-electron chi connectivity index (χ0n) is 5.73. The minimum Gasteiger partial charge on any atom is -0.329 e. The van der Waals surface area contributed by atoms with E-state index in [1.165, 1.54) is 0 Å². The SMILES string of the molecule is CC(C)[B-]C(C)C. The molecular weight excluding hydrogens is 82.9 g/mol. The van der Waals surface area contributed by atoms with Crippen LogP contribution >= 0.6 is 0 Å². The zero-order chi connectivity index (χ0) is 5.86. The lowest BCUT2D eigenvalue weighted by Gasteiger charge is -2.23.